The third-order valence-electron chi connectivity index (χ3n) is 1.00. The van der Waals surface area contributed by atoms with E-state index >= 15 is 0 Å². The maximum Gasteiger partial charge on any atom is 0.166 e. The molecule has 47 valence electrons. The third-order valence-corrected chi connectivity index (χ3v) is 1.00. The summed E-state index contributed by atoms with van der Waals surface area (Å²) >= 11 is 0. The summed E-state index contributed by atoms with van der Waals surface area (Å²) in [4.78, 5) is 5.77. The van der Waals surface area contributed by atoms with Crippen LogP contribution >= 0.6 is 0 Å². The second-order valence-electron chi connectivity index (χ2n) is 1.50. The van der Waals surface area contributed by atoms with Gasteiger partial charge in [0.1, 0.15) is 0 Å². The van der Waals surface area contributed by atoms with E-state index in [9.17, 15) is 0 Å². The molecule has 0 heterocycles. The van der Waals surface area contributed by atoms with Crippen LogP contribution in [0.15, 0.2) is 4.99 Å². The van der Waals surface area contributed by atoms with Gasteiger partial charge in [0.25, 0.3) is 0 Å². The maximum absolute atomic E-state index is 3.75. The minimum absolute atomic E-state index is 0.994. The first-order chi connectivity index (χ1) is 3.85. The van der Waals surface area contributed by atoms with Crippen molar-refractivity contribution < 1.29 is 0 Å². The van der Waals surface area contributed by atoms with E-state index in [1.807, 2.05) is 4.90 Å². The molecule has 0 aromatic heterocycles. The van der Waals surface area contributed by atoms with Gasteiger partial charge in [-0.25, -0.2) is 0 Å². The topological polar surface area (TPSA) is 15.6 Å². The zero-order valence-corrected chi connectivity index (χ0v) is 5.81. The van der Waals surface area contributed by atoms with Gasteiger partial charge in [-0.2, -0.15) is 0 Å². The van der Waals surface area contributed by atoms with Crippen LogP contribution in [0.2, 0.25) is 0 Å². The van der Waals surface area contributed by atoms with Gasteiger partial charge in [0, 0.05) is 20.1 Å². The smallest absolute Gasteiger partial charge is 0.166 e. The van der Waals surface area contributed by atoms with E-state index in [0.29, 0.717) is 0 Å². The molecule has 0 bridgehead atoms. The van der Waals surface area contributed by atoms with Gasteiger partial charge in [0.2, 0.25) is 0 Å². The zero-order chi connectivity index (χ0) is 6.41. The average molecular weight is 113 g/mol. The highest BCUT2D eigenvalue weighted by Crippen LogP contribution is 1.78. The van der Waals surface area contributed by atoms with Crippen molar-refractivity contribution in [2.45, 2.75) is 13.8 Å². The fourth-order valence-corrected chi connectivity index (χ4v) is 0.506. The van der Waals surface area contributed by atoms with Crippen LogP contribution < -0.4 is 0 Å². The van der Waals surface area contributed by atoms with Gasteiger partial charge in [0.05, 0.1) is 0 Å². The first-order valence-electron chi connectivity index (χ1n) is 2.94. The van der Waals surface area contributed by atoms with E-state index in [-0.39, 0.29) is 0 Å². The molecule has 0 aromatic rings. The van der Waals surface area contributed by atoms with Crippen LogP contribution in [0.3, 0.4) is 0 Å². The number of aliphatic imine (C=N–C) groups is 1. The molecule has 0 rings (SSSR count). The Morgan fingerprint density at radius 2 is 1.88 bits per heavy atom. The monoisotopic (exact) mass is 113 g/mol. The highest BCUT2D eigenvalue weighted by Gasteiger charge is 1.87. The summed E-state index contributed by atoms with van der Waals surface area (Å²) in [5.74, 6) is 0. The van der Waals surface area contributed by atoms with Gasteiger partial charge < -0.3 is 4.90 Å². The van der Waals surface area contributed by atoms with Crippen molar-refractivity contribution in [2.75, 3.05) is 20.1 Å². The quantitative estimate of drug-likeness (QED) is 0.301. The average Bonchev–Trinajstić information content (AvgIpc) is 1.83. The van der Waals surface area contributed by atoms with E-state index in [1.165, 1.54) is 0 Å². The van der Waals surface area contributed by atoms with Gasteiger partial charge in [0.15, 0.2) is 6.34 Å². The SMILES string of the molecule is CCN(/[C]=N/C)CC. The van der Waals surface area contributed by atoms with Gasteiger partial charge in [-0.05, 0) is 13.8 Å². The molecule has 0 aliphatic rings. The van der Waals surface area contributed by atoms with Crippen LogP contribution in [0.25, 0.3) is 0 Å². The highest BCUT2D eigenvalue weighted by molar-refractivity contribution is 5.54. The zero-order valence-electron chi connectivity index (χ0n) is 5.81. The normalized spacial score (nSPS) is 10.4. The van der Waals surface area contributed by atoms with Crippen molar-refractivity contribution in [3.63, 3.8) is 0 Å². The van der Waals surface area contributed by atoms with Crippen LogP contribution in [0, 0.1) is 0 Å². The largest absolute Gasteiger partial charge is 0.354 e. The summed E-state index contributed by atoms with van der Waals surface area (Å²) in [6.07, 6.45) is 2.84. The van der Waals surface area contributed by atoms with Crippen molar-refractivity contribution in [3.8, 4) is 0 Å². The molecule has 2 heteroatoms. The van der Waals surface area contributed by atoms with Gasteiger partial charge >= 0.3 is 0 Å². The van der Waals surface area contributed by atoms with E-state index in [2.05, 4.69) is 25.2 Å². The summed E-state index contributed by atoms with van der Waals surface area (Å²) < 4.78 is 0. The standard InChI is InChI=1S/C6H13N2/c1-4-8(5-2)6-7-3/h4-5H2,1-3H3. The lowest BCUT2D eigenvalue weighted by Gasteiger charge is -2.10. The van der Waals surface area contributed by atoms with Crippen LogP contribution in [0.1, 0.15) is 13.8 Å². The predicted octanol–water partition coefficient (Wildman–Crippen LogP) is 0.863. The summed E-state index contributed by atoms with van der Waals surface area (Å²) in [6, 6.07) is 0. The highest BCUT2D eigenvalue weighted by atomic mass is 15.1. The van der Waals surface area contributed by atoms with Crippen molar-refractivity contribution in [1.82, 2.24) is 4.90 Å². The van der Waals surface area contributed by atoms with Gasteiger partial charge in [-0.1, -0.05) is 0 Å². The van der Waals surface area contributed by atoms with Gasteiger partial charge in [-0.3, -0.25) is 4.99 Å². The van der Waals surface area contributed by atoms with Crippen molar-refractivity contribution >= 4 is 6.34 Å². The Morgan fingerprint density at radius 1 is 1.38 bits per heavy atom. The lowest BCUT2D eigenvalue weighted by Crippen LogP contribution is -2.20. The second-order valence-corrected chi connectivity index (χ2v) is 1.50. The molecule has 0 N–H and O–H groups in total. The lowest BCUT2D eigenvalue weighted by molar-refractivity contribution is 0.479. The summed E-state index contributed by atoms with van der Waals surface area (Å²) in [5, 5.41) is 0. The number of nitrogens with zero attached hydrogens (tertiary/aromatic N) is 2. The molecule has 0 amide bonds. The number of rotatable bonds is 3. The van der Waals surface area contributed by atoms with Crippen LogP contribution in [0.5, 0.6) is 0 Å². The van der Waals surface area contributed by atoms with Crippen LogP contribution in [-0.2, 0) is 0 Å². The molecule has 0 saturated heterocycles. The first-order valence-corrected chi connectivity index (χ1v) is 2.94. The third kappa shape index (κ3) is 2.61. The Kier molecular flexibility index (Phi) is 4.32. The Bertz CT molecular complexity index is 64.9. The molecule has 0 aromatic carbocycles. The molecule has 0 fully saturated rings. The molecule has 0 unspecified atom stereocenters. The molecule has 0 aliphatic heterocycles. The number of hydrogen-bond donors (Lipinski definition) is 0. The Hall–Kier alpha value is -0.530. The van der Waals surface area contributed by atoms with Crippen LogP contribution in [-0.4, -0.2) is 31.4 Å². The summed E-state index contributed by atoms with van der Waals surface area (Å²) in [5.41, 5.74) is 0. The molecular formula is C6H13N2. The maximum atomic E-state index is 3.75. The molecule has 1 radical (unpaired) electrons. The predicted molar refractivity (Wildman–Crippen MR) is 36.3 cm³/mol. The molecule has 0 spiro atoms. The molecular weight excluding hydrogens is 100 g/mol. The Balaban J connectivity index is 3.36. The molecule has 0 atom stereocenters. The molecule has 0 saturated carbocycles. The molecule has 0 aliphatic carbocycles. The second kappa shape index (κ2) is 4.62. The Labute approximate surface area is 51.2 Å². The summed E-state index contributed by atoms with van der Waals surface area (Å²) in [6.45, 7) is 6.16. The van der Waals surface area contributed by atoms with Crippen molar-refractivity contribution in [2.24, 2.45) is 4.99 Å². The van der Waals surface area contributed by atoms with Crippen molar-refractivity contribution in [3.05, 3.63) is 0 Å². The van der Waals surface area contributed by atoms with E-state index < -0.39 is 0 Å². The van der Waals surface area contributed by atoms with Crippen LogP contribution in [0.4, 0.5) is 0 Å². The van der Waals surface area contributed by atoms with E-state index in [4.69, 9.17) is 0 Å². The lowest BCUT2D eigenvalue weighted by atomic mass is 10.6. The Morgan fingerprint density at radius 3 is 2.00 bits per heavy atom. The minimum Gasteiger partial charge on any atom is -0.354 e. The molecule has 2 nitrogen and oxygen atoms in total. The van der Waals surface area contributed by atoms with E-state index in [0.717, 1.165) is 13.1 Å². The number of hydrogen-bond acceptors (Lipinski definition) is 1. The summed E-state index contributed by atoms with van der Waals surface area (Å²) in [7, 11) is 1.73. The first kappa shape index (κ1) is 7.47. The fraction of sp³-hybridized carbons (Fsp3) is 0.833. The molecule has 8 heavy (non-hydrogen) atoms. The fourth-order valence-electron chi connectivity index (χ4n) is 0.506. The van der Waals surface area contributed by atoms with E-state index in [1.54, 1.807) is 7.05 Å². The minimum atomic E-state index is 0.994. The van der Waals surface area contributed by atoms with Gasteiger partial charge in [-0.15, -0.1) is 0 Å². The van der Waals surface area contributed by atoms with Crippen molar-refractivity contribution in [1.29, 1.82) is 0 Å².